The molecule has 94 valence electrons. The minimum absolute atomic E-state index is 0.133. The van der Waals surface area contributed by atoms with Crippen molar-refractivity contribution in [3.8, 4) is 0 Å². The van der Waals surface area contributed by atoms with Crippen LogP contribution in [0.15, 0.2) is 12.4 Å². The van der Waals surface area contributed by atoms with Gasteiger partial charge in [-0.05, 0) is 19.4 Å². The van der Waals surface area contributed by atoms with Crippen molar-refractivity contribution in [1.29, 1.82) is 0 Å². The van der Waals surface area contributed by atoms with Gasteiger partial charge < -0.3 is 14.8 Å². The van der Waals surface area contributed by atoms with Gasteiger partial charge in [-0.15, -0.1) is 0 Å². The highest BCUT2D eigenvalue weighted by molar-refractivity contribution is 5.78. The fourth-order valence-electron chi connectivity index (χ4n) is 2.21. The van der Waals surface area contributed by atoms with Crippen LogP contribution in [0.2, 0.25) is 0 Å². The molecule has 1 aromatic rings. The van der Waals surface area contributed by atoms with Crippen molar-refractivity contribution < 1.29 is 4.79 Å². The van der Waals surface area contributed by atoms with E-state index in [0.717, 1.165) is 31.8 Å². The third-order valence-electron chi connectivity index (χ3n) is 3.32. The number of amides is 1. The standard InChI is InChI=1S/C12H20N4O/c1-15-7-6-14-11(15)9-16(2)12(17)10-4-3-5-13-8-10/h6-7,10,13H,3-5,8-9H2,1-2H3/t10-/m1/s1. The van der Waals surface area contributed by atoms with E-state index in [1.165, 1.54) is 0 Å². The van der Waals surface area contributed by atoms with Crippen molar-refractivity contribution in [2.75, 3.05) is 20.1 Å². The lowest BCUT2D eigenvalue weighted by molar-refractivity contribution is -0.135. The Labute approximate surface area is 102 Å². The van der Waals surface area contributed by atoms with E-state index in [4.69, 9.17) is 0 Å². The van der Waals surface area contributed by atoms with Gasteiger partial charge in [-0.25, -0.2) is 4.98 Å². The molecule has 0 aromatic carbocycles. The lowest BCUT2D eigenvalue weighted by Crippen LogP contribution is -2.41. The van der Waals surface area contributed by atoms with Crippen LogP contribution in [0.5, 0.6) is 0 Å². The van der Waals surface area contributed by atoms with Crippen LogP contribution in [0.3, 0.4) is 0 Å². The molecule has 0 radical (unpaired) electrons. The smallest absolute Gasteiger partial charge is 0.227 e. The average molecular weight is 236 g/mol. The molecule has 17 heavy (non-hydrogen) atoms. The minimum atomic E-state index is 0.133. The molecule has 1 N–H and O–H groups in total. The fourth-order valence-corrected chi connectivity index (χ4v) is 2.21. The number of nitrogens with zero attached hydrogens (tertiary/aromatic N) is 3. The molecule has 1 atom stereocenters. The van der Waals surface area contributed by atoms with Gasteiger partial charge in [0.25, 0.3) is 0 Å². The highest BCUT2D eigenvalue weighted by Gasteiger charge is 2.24. The molecule has 5 nitrogen and oxygen atoms in total. The second-order valence-corrected chi connectivity index (χ2v) is 4.69. The highest BCUT2D eigenvalue weighted by atomic mass is 16.2. The zero-order valence-electron chi connectivity index (χ0n) is 10.5. The number of rotatable bonds is 3. The highest BCUT2D eigenvalue weighted by Crippen LogP contribution is 2.13. The number of hydrogen-bond acceptors (Lipinski definition) is 3. The maximum atomic E-state index is 12.2. The minimum Gasteiger partial charge on any atom is -0.338 e. The Hall–Kier alpha value is -1.36. The average Bonchev–Trinajstić information content (AvgIpc) is 2.75. The molecule has 1 saturated heterocycles. The van der Waals surface area contributed by atoms with Gasteiger partial charge in [0.2, 0.25) is 5.91 Å². The quantitative estimate of drug-likeness (QED) is 0.825. The summed E-state index contributed by atoms with van der Waals surface area (Å²) in [6.45, 7) is 2.43. The maximum absolute atomic E-state index is 12.2. The molecular formula is C12H20N4O. The molecule has 0 spiro atoms. The fraction of sp³-hybridized carbons (Fsp3) is 0.667. The van der Waals surface area contributed by atoms with Gasteiger partial charge in [0.05, 0.1) is 12.5 Å². The van der Waals surface area contributed by atoms with Gasteiger partial charge >= 0.3 is 0 Å². The predicted octanol–water partition coefficient (Wildman–Crippen LogP) is 0.378. The van der Waals surface area contributed by atoms with E-state index in [2.05, 4.69) is 10.3 Å². The van der Waals surface area contributed by atoms with Crippen LogP contribution in [0, 0.1) is 5.92 Å². The lowest BCUT2D eigenvalue weighted by atomic mass is 9.98. The van der Waals surface area contributed by atoms with Crippen molar-refractivity contribution in [2.24, 2.45) is 13.0 Å². The number of hydrogen-bond donors (Lipinski definition) is 1. The van der Waals surface area contributed by atoms with Crippen LogP contribution < -0.4 is 5.32 Å². The summed E-state index contributed by atoms with van der Waals surface area (Å²) in [6.07, 6.45) is 5.75. The van der Waals surface area contributed by atoms with Gasteiger partial charge in [-0.2, -0.15) is 0 Å². The zero-order valence-corrected chi connectivity index (χ0v) is 10.5. The Morgan fingerprint density at radius 2 is 2.53 bits per heavy atom. The van der Waals surface area contributed by atoms with Gasteiger partial charge in [0, 0.05) is 33.0 Å². The van der Waals surface area contributed by atoms with Crippen LogP contribution >= 0.6 is 0 Å². The number of aromatic nitrogens is 2. The first-order valence-corrected chi connectivity index (χ1v) is 6.10. The summed E-state index contributed by atoms with van der Waals surface area (Å²) in [5, 5.41) is 3.27. The number of carbonyl (C=O) groups excluding carboxylic acids is 1. The second kappa shape index (κ2) is 5.31. The van der Waals surface area contributed by atoms with Crippen molar-refractivity contribution in [2.45, 2.75) is 19.4 Å². The molecule has 1 aliphatic rings. The molecule has 5 heteroatoms. The molecule has 1 amide bonds. The first kappa shape index (κ1) is 12.1. The van der Waals surface area contributed by atoms with E-state index >= 15 is 0 Å². The Balaban J connectivity index is 1.93. The molecule has 1 aliphatic heterocycles. The Bertz CT molecular complexity index is 382. The molecule has 0 unspecified atom stereocenters. The first-order chi connectivity index (χ1) is 8.18. The maximum Gasteiger partial charge on any atom is 0.227 e. The Kier molecular flexibility index (Phi) is 3.78. The normalized spacial score (nSPS) is 20.2. The monoisotopic (exact) mass is 236 g/mol. The van der Waals surface area contributed by atoms with Crippen LogP contribution in [-0.2, 0) is 18.4 Å². The van der Waals surface area contributed by atoms with E-state index in [9.17, 15) is 4.79 Å². The van der Waals surface area contributed by atoms with Crippen LogP contribution in [-0.4, -0.2) is 40.5 Å². The Morgan fingerprint density at radius 3 is 3.12 bits per heavy atom. The summed E-state index contributed by atoms with van der Waals surface area (Å²) >= 11 is 0. The van der Waals surface area contributed by atoms with Crippen molar-refractivity contribution in [3.63, 3.8) is 0 Å². The Morgan fingerprint density at radius 1 is 1.71 bits per heavy atom. The predicted molar refractivity (Wildman–Crippen MR) is 65.3 cm³/mol. The summed E-state index contributed by atoms with van der Waals surface area (Å²) in [4.78, 5) is 18.2. The third kappa shape index (κ3) is 2.85. The number of aryl methyl sites for hydroxylation is 1. The molecule has 0 bridgehead atoms. The van der Waals surface area contributed by atoms with E-state index in [0.29, 0.717) is 6.54 Å². The lowest BCUT2D eigenvalue weighted by Gasteiger charge is -2.26. The van der Waals surface area contributed by atoms with Gasteiger partial charge in [-0.3, -0.25) is 4.79 Å². The summed E-state index contributed by atoms with van der Waals surface area (Å²) < 4.78 is 1.95. The summed E-state index contributed by atoms with van der Waals surface area (Å²) in [5.41, 5.74) is 0. The van der Waals surface area contributed by atoms with E-state index in [1.54, 1.807) is 11.1 Å². The van der Waals surface area contributed by atoms with Crippen molar-refractivity contribution in [1.82, 2.24) is 19.8 Å². The topological polar surface area (TPSA) is 50.2 Å². The molecule has 1 fully saturated rings. The zero-order chi connectivity index (χ0) is 12.3. The summed E-state index contributed by atoms with van der Waals surface area (Å²) in [7, 11) is 3.80. The van der Waals surface area contributed by atoms with Crippen molar-refractivity contribution in [3.05, 3.63) is 18.2 Å². The van der Waals surface area contributed by atoms with Crippen molar-refractivity contribution >= 4 is 5.91 Å². The van der Waals surface area contributed by atoms with E-state index in [1.807, 2.05) is 24.9 Å². The second-order valence-electron chi connectivity index (χ2n) is 4.69. The number of nitrogens with one attached hydrogen (secondary N) is 1. The van der Waals surface area contributed by atoms with Crippen LogP contribution in [0.4, 0.5) is 0 Å². The largest absolute Gasteiger partial charge is 0.338 e. The number of carbonyl (C=O) groups is 1. The molecule has 2 rings (SSSR count). The molecule has 2 heterocycles. The first-order valence-electron chi connectivity index (χ1n) is 6.10. The van der Waals surface area contributed by atoms with Gasteiger partial charge in [0.1, 0.15) is 5.82 Å². The molecule has 0 saturated carbocycles. The van der Waals surface area contributed by atoms with Crippen LogP contribution in [0.25, 0.3) is 0 Å². The third-order valence-corrected chi connectivity index (χ3v) is 3.32. The molecule has 0 aliphatic carbocycles. The van der Waals surface area contributed by atoms with E-state index in [-0.39, 0.29) is 11.8 Å². The van der Waals surface area contributed by atoms with Gasteiger partial charge in [-0.1, -0.05) is 0 Å². The number of imidazole rings is 1. The number of piperidine rings is 1. The molecule has 1 aromatic heterocycles. The summed E-state index contributed by atoms with van der Waals surface area (Å²) in [5.74, 6) is 1.28. The van der Waals surface area contributed by atoms with E-state index < -0.39 is 0 Å². The summed E-state index contributed by atoms with van der Waals surface area (Å²) in [6, 6.07) is 0. The molecular weight excluding hydrogens is 216 g/mol. The van der Waals surface area contributed by atoms with Crippen LogP contribution in [0.1, 0.15) is 18.7 Å². The SMILES string of the molecule is CN(Cc1nccn1C)C(=O)[C@@H]1CCCNC1. The van der Waals surface area contributed by atoms with Gasteiger partial charge in [0.15, 0.2) is 0 Å².